The van der Waals surface area contributed by atoms with Gasteiger partial charge >= 0.3 is 0 Å². The van der Waals surface area contributed by atoms with E-state index in [0.717, 1.165) is 0 Å². The zero-order valence-corrected chi connectivity index (χ0v) is 7.08. The van der Waals surface area contributed by atoms with Crippen molar-refractivity contribution in [3.63, 3.8) is 0 Å². The van der Waals surface area contributed by atoms with Crippen molar-refractivity contribution in [3.8, 4) is 0 Å². The molecule has 1 spiro atoms. The van der Waals surface area contributed by atoms with Crippen molar-refractivity contribution in [3.05, 3.63) is 0 Å². The molecule has 2 fully saturated rings. The lowest BCUT2D eigenvalue weighted by molar-refractivity contribution is -0.321. The second-order valence-electron chi connectivity index (χ2n) is 3.25. The molecule has 0 amide bonds. The third-order valence-electron chi connectivity index (χ3n) is 2.38. The first-order valence-electron chi connectivity index (χ1n) is 3.99. The lowest BCUT2D eigenvalue weighted by Crippen LogP contribution is -2.59. The Kier molecular flexibility index (Phi) is 2.06. The predicted molar refractivity (Wildman–Crippen MR) is 38.6 cm³/mol. The molecular weight excluding hydrogens is 180 g/mol. The van der Waals surface area contributed by atoms with Crippen LogP contribution in [0, 0.1) is 0 Å². The second-order valence-corrected chi connectivity index (χ2v) is 3.25. The van der Waals surface area contributed by atoms with Crippen LogP contribution in [0.1, 0.15) is 0 Å². The molecule has 5 atom stereocenters. The second kappa shape index (κ2) is 2.88. The predicted octanol–water partition coefficient (Wildman–Crippen LogP) is -2.20. The molecule has 0 saturated carbocycles. The minimum absolute atomic E-state index is 0.206. The molecule has 0 aromatic heterocycles. The van der Waals surface area contributed by atoms with Crippen molar-refractivity contribution in [2.75, 3.05) is 13.7 Å². The van der Waals surface area contributed by atoms with Crippen molar-refractivity contribution >= 4 is 0 Å². The van der Waals surface area contributed by atoms with Gasteiger partial charge < -0.3 is 29.5 Å². The molecule has 76 valence electrons. The van der Waals surface area contributed by atoms with E-state index < -0.39 is 30.4 Å². The average Bonchev–Trinajstić information content (AvgIpc) is 2.90. The lowest BCUT2D eigenvalue weighted by atomic mass is 9.99. The fourth-order valence-corrected chi connectivity index (χ4v) is 1.44. The largest absolute Gasteiger partial charge is 0.387 e. The monoisotopic (exact) mass is 192 g/mol. The smallest absolute Gasteiger partial charge is 0.224 e. The zero-order valence-electron chi connectivity index (χ0n) is 7.08. The number of methoxy groups -OCH3 is 1. The van der Waals surface area contributed by atoms with Gasteiger partial charge in [-0.05, 0) is 0 Å². The quantitative estimate of drug-likeness (QED) is 0.408. The van der Waals surface area contributed by atoms with Crippen LogP contribution in [0.5, 0.6) is 0 Å². The number of aliphatic hydroxyl groups excluding tert-OH is 3. The molecule has 2 aliphatic heterocycles. The Morgan fingerprint density at radius 3 is 2.38 bits per heavy atom. The Morgan fingerprint density at radius 2 is 1.92 bits per heavy atom. The highest BCUT2D eigenvalue weighted by Gasteiger charge is 2.62. The van der Waals surface area contributed by atoms with Crippen molar-refractivity contribution in [2.45, 2.75) is 30.4 Å². The zero-order chi connectivity index (χ0) is 9.64. The van der Waals surface area contributed by atoms with Crippen LogP contribution >= 0.6 is 0 Å². The van der Waals surface area contributed by atoms with Gasteiger partial charge in [-0.15, -0.1) is 0 Å². The first-order chi connectivity index (χ1) is 6.10. The Hall–Kier alpha value is -0.240. The minimum atomic E-state index is -1.30. The molecule has 2 rings (SSSR count). The topological polar surface area (TPSA) is 91.7 Å². The van der Waals surface area contributed by atoms with E-state index in [9.17, 15) is 15.3 Å². The van der Waals surface area contributed by atoms with E-state index in [1.807, 2.05) is 0 Å². The van der Waals surface area contributed by atoms with Gasteiger partial charge in [-0.2, -0.15) is 0 Å². The molecule has 2 aliphatic rings. The van der Waals surface area contributed by atoms with Gasteiger partial charge in [0.1, 0.15) is 24.9 Å². The highest BCUT2D eigenvalue weighted by Crippen LogP contribution is 2.40. The number of rotatable bonds is 1. The van der Waals surface area contributed by atoms with Gasteiger partial charge in [-0.1, -0.05) is 0 Å². The highest BCUT2D eigenvalue weighted by atomic mass is 16.8. The van der Waals surface area contributed by atoms with E-state index in [1.165, 1.54) is 7.11 Å². The van der Waals surface area contributed by atoms with Gasteiger partial charge in [0.15, 0.2) is 6.29 Å². The highest BCUT2D eigenvalue weighted by molar-refractivity contribution is 5.00. The summed E-state index contributed by atoms with van der Waals surface area (Å²) in [4.78, 5) is 0. The van der Waals surface area contributed by atoms with Crippen LogP contribution in [0.25, 0.3) is 0 Å². The Labute approximate surface area is 74.6 Å². The van der Waals surface area contributed by atoms with Crippen LogP contribution in [0.4, 0.5) is 0 Å². The summed E-state index contributed by atoms with van der Waals surface area (Å²) >= 11 is 0. The number of hydrogen-bond acceptors (Lipinski definition) is 6. The van der Waals surface area contributed by atoms with E-state index in [1.54, 1.807) is 0 Å². The average molecular weight is 192 g/mol. The first kappa shape index (κ1) is 9.32. The fraction of sp³-hybridized carbons (Fsp3) is 1.00. The third kappa shape index (κ3) is 1.26. The molecule has 0 aliphatic carbocycles. The van der Waals surface area contributed by atoms with E-state index >= 15 is 0 Å². The van der Waals surface area contributed by atoms with Crippen LogP contribution in [0.2, 0.25) is 0 Å². The van der Waals surface area contributed by atoms with Crippen molar-refractivity contribution < 1.29 is 29.5 Å². The van der Waals surface area contributed by atoms with Crippen molar-refractivity contribution in [1.29, 1.82) is 0 Å². The summed E-state index contributed by atoms with van der Waals surface area (Å²) < 4.78 is 14.8. The molecule has 0 bridgehead atoms. The van der Waals surface area contributed by atoms with Crippen LogP contribution < -0.4 is 0 Å². The van der Waals surface area contributed by atoms with Gasteiger partial charge in [0.05, 0.1) is 0 Å². The fourth-order valence-electron chi connectivity index (χ4n) is 1.44. The van der Waals surface area contributed by atoms with Crippen LogP contribution in [0.3, 0.4) is 0 Å². The molecule has 6 nitrogen and oxygen atoms in total. The van der Waals surface area contributed by atoms with Crippen molar-refractivity contribution in [2.24, 2.45) is 0 Å². The Bertz CT molecular complexity index is 201. The van der Waals surface area contributed by atoms with Gasteiger partial charge in [-0.25, -0.2) is 0 Å². The van der Waals surface area contributed by atoms with E-state index in [4.69, 9.17) is 14.2 Å². The van der Waals surface area contributed by atoms with Gasteiger partial charge in [0.25, 0.3) is 0 Å². The molecule has 2 heterocycles. The maximum absolute atomic E-state index is 9.44. The summed E-state index contributed by atoms with van der Waals surface area (Å²) in [5, 5.41) is 28.2. The summed E-state index contributed by atoms with van der Waals surface area (Å²) in [6.45, 7) is 0.206. The molecular formula is C7H12O6. The standard InChI is InChI=1S/C7H12O6/c1-11-6-4(9)3(8)5(10)7(13-6)2-12-7/h3-6,8-10H,2H2,1H3/t3-,4+,5+,6+,7-/m1/s1. The molecule has 0 aromatic carbocycles. The SMILES string of the molecule is CO[C@H]1O[C@]2(CO2)[C@@H](O)[C@H](O)[C@@H]1O. The maximum atomic E-state index is 9.44. The summed E-state index contributed by atoms with van der Waals surface area (Å²) in [7, 11) is 1.34. The van der Waals surface area contributed by atoms with Crippen LogP contribution in [0.15, 0.2) is 0 Å². The number of aliphatic hydroxyl groups is 3. The van der Waals surface area contributed by atoms with E-state index in [2.05, 4.69) is 0 Å². The summed E-state index contributed by atoms with van der Waals surface area (Å²) in [5.74, 6) is -1.17. The van der Waals surface area contributed by atoms with Gasteiger partial charge in [0, 0.05) is 7.11 Å². The first-order valence-corrected chi connectivity index (χ1v) is 3.99. The van der Waals surface area contributed by atoms with E-state index in [0.29, 0.717) is 0 Å². The minimum Gasteiger partial charge on any atom is -0.387 e. The van der Waals surface area contributed by atoms with Crippen molar-refractivity contribution in [1.82, 2.24) is 0 Å². The Balaban J connectivity index is 2.13. The Morgan fingerprint density at radius 1 is 1.31 bits per heavy atom. The van der Waals surface area contributed by atoms with Crippen LogP contribution in [-0.2, 0) is 14.2 Å². The lowest BCUT2D eigenvalue weighted by Gasteiger charge is -2.38. The molecule has 3 N–H and O–H groups in total. The summed E-state index contributed by atoms with van der Waals surface area (Å²) in [6.07, 6.45) is -4.74. The molecule has 0 aromatic rings. The maximum Gasteiger partial charge on any atom is 0.224 e. The van der Waals surface area contributed by atoms with Gasteiger partial charge in [-0.3, -0.25) is 0 Å². The normalized spacial score (nSPS) is 55.4. The number of ether oxygens (including phenoxy) is 3. The molecule has 6 heteroatoms. The van der Waals surface area contributed by atoms with Gasteiger partial charge in [0.2, 0.25) is 5.79 Å². The molecule has 0 radical (unpaired) electrons. The number of hydrogen-bond donors (Lipinski definition) is 3. The third-order valence-corrected chi connectivity index (χ3v) is 2.38. The number of epoxide rings is 1. The summed E-state index contributed by atoms with van der Waals surface area (Å²) in [6, 6.07) is 0. The molecule has 13 heavy (non-hydrogen) atoms. The summed E-state index contributed by atoms with van der Waals surface area (Å²) in [5.41, 5.74) is 0. The molecule has 0 unspecified atom stereocenters. The molecule has 2 saturated heterocycles. The van der Waals surface area contributed by atoms with E-state index in [-0.39, 0.29) is 6.61 Å². The van der Waals surface area contributed by atoms with Crippen LogP contribution in [-0.4, -0.2) is 59.4 Å².